The predicted octanol–water partition coefficient (Wildman–Crippen LogP) is 1.96. The molecule has 21 heavy (non-hydrogen) atoms. The molecule has 0 fully saturated rings. The molecule has 0 amide bonds. The highest BCUT2D eigenvalue weighted by atomic mass is 32.2. The average Bonchev–Trinajstić information content (AvgIpc) is 2.37. The van der Waals surface area contributed by atoms with E-state index in [2.05, 4.69) is 4.74 Å². The third-order valence-electron chi connectivity index (χ3n) is 2.52. The zero-order valence-electron chi connectivity index (χ0n) is 11.1. The van der Waals surface area contributed by atoms with E-state index in [0.717, 1.165) is 22.5 Å². The first-order valence-electron chi connectivity index (χ1n) is 5.70. The molecule has 0 saturated heterocycles. The Kier molecular flexibility index (Phi) is 5.71. The van der Waals surface area contributed by atoms with Crippen LogP contribution in [0.5, 0.6) is 0 Å². The molecule has 0 spiro atoms. The lowest BCUT2D eigenvalue weighted by atomic mass is 10.1. The summed E-state index contributed by atoms with van der Waals surface area (Å²) in [5, 5.41) is 8.58. The van der Waals surface area contributed by atoms with Gasteiger partial charge in [-0.05, 0) is 11.6 Å². The first-order valence-corrected chi connectivity index (χ1v) is 7.31. The standard InChI is InChI=1S/C12H13F3N2O3S/c1-20-9-17(6-5-16)21(18,19)8-10-3-2-4-11(7-10)12(13,14)15/h2-4,7H,6,8-9H2,1H3. The summed E-state index contributed by atoms with van der Waals surface area (Å²) >= 11 is 0. The second-order valence-corrected chi connectivity index (χ2v) is 6.11. The molecule has 0 aliphatic carbocycles. The normalized spacial score (nSPS) is 12.4. The van der Waals surface area contributed by atoms with Crippen LogP contribution in [0.25, 0.3) is 0 Å². The van der Waals surface area contributed by atoms with Crippen LogP contribution in [0.3, 0.4) is 0 Å². The number of benzene rings is 1. The number of methoxy groups -OCH3 is 1. The summed E-state index contributed by atoms with van der Waals surface area (Å²) in [6.45, 7) is -0.774. The Labute approximate surface area is 120 Å². The van der Waals surface area contributed by atoms with Crippen molar-refractivity contribution in [3.05, 3.63) is 35.4 Å². The number of ether oxygens (including phenoxy) is 1. The van der Waals surface area contributed by atoms with Crippen LogP contribution in [0, 0.1) is 11.3 Å². The number of nitriles is 1. The highest BCUT2D eigenvalue weighted by Gasteiger charge is 2.31. The third-order valence-corrected chi connectivity index (χ3v) is 4.24. The van der Waals surface area contributed by atoms with Gasteiger partial charge in [0.25, 0.3) is 0 Å². The van der Waals surface area contributed by atoms with E-state index in [1.807, 2.05) is 0 Å². The van der Waals surface area contributed by atoms with Crippen molar-refractivity contribution >= 4 is 10.0 Å². The molecule has 9 heteroatoms. The molecule has 5 nitrogen and oxygen atoms in total. The molecule has 0 aliphatic heterocycles. The van der Waals surface area contributed by atoms with Crippen LogP contribution in [0.15, 0.2) is 24.3 Å². The van der Waals surface area contributed by atoms with Crippen molar-refractivity contribution in [3.63, 3.8) is 0 Å². The summed E-state index contributed by atoms with van der Waals surface area (Å²) in [4.78, 5) is 0. The number of alkyl halides is 3. The van der Waals surface area contributed by atoms with E-state index in [4.69, 9.17) is 5.26 Å². The van der Waals surface area contributed by atoms with Crippen molar-refractivity contribution in [1.82, 2.24) is 4.31 Å². The van der Waals surface area contributed by atoms with E-state index in [1.165, 1.54) is 13.2 Å². The molecule has 0 saturated carbocycles. The molecule has 116 valence electrons. The van der Waals surface area contributed by atoms with Crippen molar-refractivity contribution in [3.8, 4) is 6.07 Å². The van der Waals surface area contributed by atoms with Crippen LogP contribution in [0.4, 0.5) is 13.2 Å². The van der Waals surface area contributed by atoms with E-state index in [0.29, 0.717) is 0 Å². The molecular weight excluding hydrogens is 309 g/mol. The summed E-state index contributed by atoms with van der Waals surface area (Å²) in [6, 6.07) is 5.72. The van der Waals surface area contributed by atoms with Gasteiger partial charge in [-0.25, -0.2) is 8.42 Å². The van der Waals surface area contributed by atoms with Crippen LogP contribution in [-0.4, -0.2) is 33.1 Å². The number of sulfonamides is 1. The minimum absolute atomic E-state index is 0.0103. The van der Waals surface area contributed by atoms with Crippen molar-refractivity contribution in [2.75, 3.05) is 20.4 Å². The summed E-state index contributed by atoms with van der Waals surface area (Å²) in [6.07, 6.45) is -4.54. The third kappa shape index (κ3) is 5.00. The maximum absolute atomic E-state index is 12.6. The van der Waals surface area contributed by atoms with E-state index < -0.39 is 34.1 Å². The van der Waals surface area contributed by atoms with E-state index in [-0.39, 0.29) is 12.3 Å². The fraction of sp³-hybridized carbons (Fsp3) is 0.417. The van der Waals surface area contributed by atoms with Gasteiger partial charge in [0.1, 0.15) is 13.3 Å². The average molecular weight is 322 g/mol. The van der Waals surface area contributed by atoms with Crippen molar-refractivity contribution in [2.45, 2.75) is 11.9 Å². The van der Waals surface area contributed by atoms with E-state index >= 15 is 0 Å². The van der Waals surface area contributed by atoms with Gasteiger partial charge in [-0.2, -0.15) is 22.7 Å². The minimum atomic E-state index is -4.54. The molecule has 0 heterocycles. The number of hydrogen-bond acceptors (Lipinski definition) is 4. The van der Waals surface area contributed by atoms with Gasteiger partial charge in [-0.15, -0.1) is 0 Å². The van der Waals surface area contributed by atoms with Crippen molar-refractivity contribution in [1.29, 1.82) is 5.26 Å². The number of hydrogen-bond donors (Lipinski definition) is 0. The number of nitrogens with zero attached hydrogens (tertiary/aromatic N) is 2. The lowest BCUT2D eigenvalue weighted by Gasteiger charge is -2.18. The van der Waals surface area contributed by atoms with Crippen LogP contribution < -0.4 is 0 Å². The van der Waals surface area contributed by atoms with Gasteiger partial charge in [0, 0.05) is 7.11 Å². The maximum Gasteiger partial charge on any atom is 0.416 e. The second kappa shape index (κ2) is 6.89. The predicted molar refractivity (Wildman–Crippen MR) is 68.3 cm³/mol. The molecule has 0 bridgehead atoms. The molecule has 0 aromatic heterocycles. The lowest BCUT2D eigenvalue weighted by molar-refractivity contribution is -0.137. The van der Waals surface area contributed by atoms with Gasteiger partial charge < -0.3 is 4.74 Å². The Morgan fingerprint density at radius 3 is 2.57 bits per heavy atom. The van der Waals surface area contributed by atoms with Gasteiger partial charge in [0.2, 0.25) is 10.0 Å². The zero-order chi connectivity index (χ0) is 16.1. The minimum Gasteiger partial charge on any atom is -0.368 e. The van der Waals surface area contributed by atoms with E-state index in [9.17, 15) is 21.6 Å². The van der Waals surface area contributed by atoms with Gasteiger partial charge in [-0.3, -0.25) is 0 Å². The first kappa shape index (κ1) is 17.4. The second-order valence-electron chi connectivity index (χ2n) is 4.14. The Balaban J connectivity index is 3.01. The lowest BCUT2D eigenvalue weighted by Crippen LogP contribution is -2.34. The monoisotopic (exact) mass is 322 g/mol. The highest BCUT2D eigenvalue weighted by molar-refractivity contribution is 7.88. The Bertz CT molecular complexity index is 623. The fourth-order valence-corrected chi connectivity index (χ4v) is 2.89. The van der Waals surface area contributed by atoms with Gasteiger partial charge in [0.05, 0.1) is 17.4 Å². The largest absolute Gasteiger partial charge is 0.416 e. The van der Waals surface area contributed by atoms with E-state index in [1.54, 1.807) is 6.07 Å². The van der Waals surface area contributed by atoms with Crippen LogP contribution >= 0.6 is 0 Å². The number of rotatable bonds is 6. The molecule has 0 atom stereocenters. The van der Waals surface area contributed by atoms with Gasteiger partial charge in [0.15, 0.2) is 0 Å². The summed E-state index contributed by atoms with van der Waals surface area (Å²) in [7, 11) is -2.69. The van der Waals surface area contributed by atoms with Crippen LogP contribution in [0.1, 0.15) is 11.1 Å². The quantitative estimate of drug-likeness (QED) is 0.593. The molecule has 0 aliphatic rings. The zero-order valence-corrected chi connectivity index (χ0v) is 11.9. The Morgan fingerprint density at radius 2 is 2.05 bits per heavy atom. The summed E-state index contributed by atoms with van der Waals surface area (Å²) < 4.78 is 67.3. The number of halogens is 3. The topological polar surface area (TPSA) is 70.4 Å². The SMILES string of the molecule is COCN(CC#N)S(=O)(=O)Cc1cccc(C(F)(F)F)c1. The fourth-order valence-electron chi connectivity index (χ4n) is 1.59. The smallest absolute Gasteiger partial charge is 0.368 e. The van der Waals surface area contributed by atoms with Gasteiger partial charge in [-0.1, -0.05) is 18.2 Å². The Hall–Kier alpha value is -1.63. The molecule has 0 unspecified atom stereocenters. The van der Waals surface area contributed by atoms with Crippen LogP contribution in [0.2, 0.25) is 0 Å². The molecule has 1 rings (SSSR count). The first-order chi connectivity index (χ1) is 9.70. The molecule has 1 aromatic carbocycles. The van der Waals surface area contributed by atoms with Crippen LogP contribution in [-0.2, 0) is 26.7 Å². The highest BCUT2D eigenvalue weighted by Crippen LogP contribution is 2.30. The summed E-state index contributed by atoms with van der Waals surface area (Å²) in [5.41, 5.74) is -0.933. The van der Waals surface area contributed by atoms with Crippen molar-refractivity contribution < 1.29 is 26.3 Å². The molecule has 1 aromatic rings. The maximum atomic E-state index is 12.6. The Morgan fingerprint density at radius 1 is 1.38 bits per heavy atom. The summed E-state index contributed by atoms with van der Waals surface area (Å²) in [5.74, 6) is -0.637. The molecule has 0 N–H and O–H groups in total. The molecule has 0 radical (unpaired) electrons. The molecular formula is C12H13F3N2O3S. The van der Waals surface area contributed by atoms with Crippen molar-refractivity contribution in [2.24, 2.45) is 0 Å². The van der Waals surface area contributed by atoms with Gasteiger partial charge >= 0.3 is 6.18 Å².